The van der Waals surface area contributed by atoms with Crippen LogP contribution in [0.15, 0.2) is 24.4 Å². The van der Waals surface area contributed by atoms with Crippen molar-refractivity contribution in [2.24, 2.45) is 0 Å². The van der Waals surface area contributed by atoms with Crippen LogP contribution in [0.3, 0.4) is 0 Å². The highest BCUT2D eigenvalue weighted by atomic mass is 32.3. The molecule has 0 aliphatic heterocycles. The zero-order chi connectivity index (χ0) is 18.3. The average Bonchev–Trinajstić information content (AvgIpc) is 2.34. The lowest BCUT2D eigenvalue weighted by molar-refractivity contribution is -0.687. The van der Waals surface area contributed by atoms with Gasteiger partial charge in [-0.3, -0.25) is 4.21 Å². The molecule has 0 aliphatic carbocycles. The summed E-state index contributed by atoms with van der Waals surface area (Å²) in [6, 6.07) is 3.81. The Kier molecular flexibility index (Phi) is 5.09. The maximum atomic E-state index is 12.6. The summed E-state index contributed by atoms with van der Waals surface area (Å²) in [7, 11) is -13.4. The first kappa shape index (κ1) is 19.7. The van der Waals surface area contributed by atoms with E-state index in [-0.39, 0.29) is 5.69 Å². The second-order valence-corrected chi connectivity index (χ2v) is 8.42. The third-order valence-electron chi connectivity index (χ3n) is 2.68. The molecule has 13 heteroatoms. The normalized spacial score (nSPS) is 16.0. The minimum atomic E-state index is -6.71. The van der Waals surface area contributed by atoms with Crippen molar-refractivity contribution in [3.8, 4) is 0 Å². The first-order valence-corrected chi connectivity index (χ1v) is 8.52. The predicted octanol–water partition coefficient (Wildman–Crippen LogP) is 1.28. The Hall–Kier alpha value is -1.34. The van der Waals surface area contributed by atoms with E-state index in [0.717, 1.165) is 6.20 Å². The Morgan fingerprint density at radius 1 is 1.09 bits per heavy atom. The van der Waals surface area contributed by atoms with Gasteiger partial charge in [0.15, 0.2) is 22.6 Å². The number of nitrogens with zero attached hydrogens (tertiary/aromatic N) is 1. The first-order chi connectivity index (χ1) is 10.1. The third-order valence-corrected chi connectivity index (χ3v) is 6.67. The summed E-state index contributed by atoms with van der Waals surface area (Å²) in [5.41, 5.74) is -12.3. The molecule has 0 bridgehead atoms. The first-order valence-electron chi connectivity index (χ1n) is 5.56. The summed E-state index contributed by atoms with van der Waals surface area (Å²) < 4.78 is 119. The zero-order valence-electron chi connectivity index (χ0n) is 11.2. The second kappa shape index (κ2) is 5.94. The van der Waals surface area contributed by atoms with Crippen molar-refractivity contribution in [3.05, 3.63) is 30.1 Å². The summed E-state index contributed by atoms with van der Waals surface area (Å²) >= 11 is 0. The quantitative estimate of drug-likeness (QED) is 0.437. The van der Waals surface area contributed by atoms with Crippen LogP contribution in [0.1, 0.15) is 5.69 Å². The number of hydrogen-bond acceptors (Lipinski definition) is 4. The fraction of sp³-hybridized carbons (Fsp3) is 0.400. The number of halogens is 6. The van der Waals surface area contributed by atoms with Crippen molar-refractivity contribution in [2.75, 3.05) is 0 Å². The van der Waals surface area contributed by atoms with Gasteiger partial charge in [0.1, 0.15) is 0 Å². The van der Waals surface area contributed by atoms with Gasteiger partial charge in [-0.25, -0.2) is 8.42 Å². The number of hydrogen-bond donors (Lipinski definition) is 0. The van der Waals surface area contributed by atoms with Gasteiger partial charge in [-0.15, -0.1) is 0 Å². The summed E-state index contributed by atoms with van der Waals surface area (Å²) in [6.45, 7) is -0.381. The molecule has 1 unspecified atom stereocenters. The van der Waals surface area contributed by atoms with E-state index in [1.165, 1.54) is 25.1 Å². The van der Waals surface area contributed by atoms with E-state index in [0.29, 0.717) is 4.57 Å². The molecule has 23 heavy (non-hydrogen) atoms. The summed E-state index contributed by atoms with van der Waals surface area (Å²) in [6.07, 6.45) is 0.952. The largest absolute Gasteiger partial charge is 0.770 e. The van der Waals surface area contributed by atoms with Crippen molar-refractivity contribution in [3.63, 3.8) is 0 Å². The van der Waals surface area contributed by atoms with Crippen LogP contribution in [0.5, 0.6) is 0 Å². The third kappa shape index (κ3) is 3.77. The molecule has 1 heterocycles. The van der Waals surface area contributed by atoms with Gasteiger partial charge >= 0.3 is 11.0 Å². The SMILES string of the molecule is Cc1cccc[n+]1CC(S(=O)(=O)C(F)(F)F)=S(=O)([O-])C(F)(F)F. The number of aryl methyl sites for hydroxylation is 1. The lowest BCUT2D eigenvalue weighted by atomic mass is 10.3. The fourth-order valence-corrected chi connectivity index (χ4v) is 4.31. The molecule has 1 atom stereocenters. The maximum Gasteiger partial charge on any atom is 0.502 e. The van der Waals surface area contributed by atoms with Gasteiger partial charge in [-0.1, -0.05) is 6.07 Å². The van der Waals surface area contributed by atoms with E-state index in [4.69, 9.17) is 0 Å². The van der Waals surface area contributed by atoms with Crippen LogP contribution in [0, 0.1) is 6.92 Å². The Morgan fingerprint density at radius 3 is 2.00 bits per heavy atom. The smallest absolute Gasteiger partial charge is 0.502 e. The number of pyridine rings is 1. The molecule has 1 aromatic heterocycles. The molecule has 0 fully saturated rings. The van der Waals surface area contributed by atoms with E-state index in [1.807, 2.05) is 0 Å². The van der Waals surface area contributed by atoms with Crippen LogP contribution in [0.4, 0.5) is 26.3 Å². The maximum absolute atomic E-state index is 12.6. The Balaban J connectivity index is 3.78. The molecule has 0 aromatic carbocycles. The van der Waals surface area contributed by atoms with Crippen molar-refractivity contribution in [1.29, 1.82) is 0 Å². The second-order valence-electron chi connectivity index (χ2n) is 4.24. The minimum absolute atomic E-state index is 0.0553. The monoisotopic (exact) mass is 385 g/mol. The molecule has 0 spiro atoms. The Labute approximate surface area is 127 Å². The molecule has 0 N–H and O–H groups in total. The summed E-state index contributed by atoms with van der Waals surface area (Å²) in [5.74, 6) is 0. The van der Waals surface area contributed by atoms with Crippen LogP contribution in [0.2, 0.25) is 0 Å². The number of aromatic nitrogens is 1. The molecule has 5 nitrogen and oxygen atoms in total. The topological polar surface area (TPSA) is 78.1 Å². The molecule has 0 amide bonds. The molecule has 0 aliphatic rings. The van der Waals surface area contributed by atoms with E-state index in [1.54, 1.807) is 0 Å². The highest BCUT2D eigenvalue weighted by Gasteiger charge is 2.54. The number of sulfone groups is 1. The van der Waals surface area contributed by atoms with Gasteiger partial charge in [0, 0.05) is 28.9 Å². The van der Waals surface area contributed by atoms with Crippen LogP contribution in [0.25, 0.3) is 0 Å². The van der Waals surface area contributed by atoms with Crippen LogP contribution in [-0.2, 0) is 26.2 Å². The average molecular weight is 385 g/mol. The van der Waals surface area contributed by atoms with E-state index in [2.05, 4.69) is 0 Å². The van der Waals surface area contributed by atoms with Crippen LogP contribution < -0.4 is 4.57 Å². The molecule has 1 rings (SSSR count). The molecule has 132 valence electrons. The van der Waals surface area contributed by atoms with Gasteiger partial charge in [0.2, 0.25) is 0 Å². The summed E-state index contributed by atoms with van der Waals surface area (Å²) in [5, 5.41) is 0. The lowest BCUT2D eigenvalue weighted by Gasteiger charge is -2.23. The Morgan fingerprint density at radius 2 is 1.61 bits per heavy atom. The van der Waals surface area contributed by atoms with Crippen LogP contribution >= 0.6 is 0 Å². The molecular weight excluding hydrogens is 376 g/mol. The Bertz CT molecular complexity index is 818. The van der Waals surface area contributed by atoms with Gasteiger partial charge < -0.3 is 4.55 Å². The van der Waals surface area contributed by atoms with Gasteiger partial charge in [-0.05, 0) is 0 Å². The zero-order valence-corrected chi connectivity index (χ0v) is 12.8. The minimum Gasteiger partial charge on any atom is -0.770 e. The van der Waals surface area contributed by atoms with Crippen molar-refractivity contribution < 1.29 is 48.1 Å². The highest BCUT2D eigenvalue weighted by molar-refractivity contribution is 8.22. The number of alkyl halides is 6. The van der Waals surface area contributed by atoms with Crippen molar-refractivity contribution in [1.82, 2.24) is 0 Å². The lowest BCUT2D eigenvalue weighted by Crippen LogP contribution is -2.49. The standard InChI is InChI=1S/C10H9F6NO4S2/c1-7-4-2-3-5-17(7)6-8(22(18,19)9(11,12)13)23(20,21)10(14,15)16/h2-5H,6H2,1H3. The fourth-order valence-electron chi connectivity index (χ4n) is 1.45. The molecule has 0 saturated heterocycles. The molecule has 0 radical (unpaired) electrons. The number of rotatable bonds is 2. The van der Waals surface area contributed by atoms with E-state index >= 15 is 0 Å². The van der Waals surface area contributed by atoms with Crippen LogP contribution in [-0.4, -0.2) is 32.4 Å². The molecule has 0 saturated carbocycles. The van der Waals surface area contributed by atoms with Crippen molar-refractivity contribution in [2.45, 2.75) is 24.5 Å². The summed E-state index contributed by atoms with van der Waals surface area (Å²) in [4.78, 5) is 0. The van der Waals surface area contributed by atoms with Gasteiger partial charge in [-0.2, -0.15) is 30.9 Å². The molecule has 1 aromatic rings. The van der Waals surface area contributed by atoms with Gasteiger partial charge in [0.25, 0.3) is 9.84 Å². The van der Waals surface area contributed by atoms with Gasteiger partial charge in [0.05, 0.1) is 0 Å². The van der Waals surface area contributed by atoms with Crippen molar-refractivity contribution >= 4 is 23.8 Å². The van der Waals surface area contributed by atoms with E-state index < -0.39 is 41.4 Å². The highest BCUT2D eigenvalue weighted by Crippen LogP contribution is 2.31. The predicted molar refractivity (Wildman–Crippen MR) is 66.3 cm³/mol. The van der Waals surface area contributed by atoms with E-state index in [9.17, 15) is 43.5 Å². The molecular formula is C10H9F6NO4S2.